The number of hydrogen-bond donors (Lipinski definition) is 1. The average molecular weight is 340 g/mol. The predicted octanol–water partition coefficient (Wildman–Crippen LogP) is 4.63. The van der Waals surface area contributed by atoms with Crippen LogP contribution in [0.4, 0.5) is 0 Å². The number of nitrogens with zero attached hydrogens (tertiary/aromatic N) is 1. The molecule has 3 aromatic rings. The summed E-state index contributed by atoms with van der Waals surface area (Å²) < 4.78 is 0. The van der Waals surface area contributed by atoms with Gasteiger partial charge in [0.2, 0.25) is 0 Å². The van der Waals surface area contributed by atoms with Crippen LogP contribution in [0.25, 0.3) is 6.08 Å². The van der Waals surface area contributed by atoms with E-state index in [1.54, 1.807) is 12.3 Å². The lowest BCUT2D eigenvalue weighted by Gasteiger charge is -2.16. The van der Waals surface area contributed by atoms with Crippen molar-refractivity contribution in [2.75, 3.05) is 0 Å². The van der Waals surface area contributed by atoms with E-state index in [0.717, 1.165) is 16.7 Å². The molecular weight excluding hydrogens is 320 g/mol. The van der Waals surface area contributed by atoms with E-state index in [1.165, 1.54) is 0 Å². The van der Waals surface area contributed by atoms with Crippen LogP contribution in [0.1, 0.15) is 22.6 Å². The third-order valence-electron chi connectivity index (χ3n) is 3.95. The summed E-state index contributed by atoms with van der Waals surface area (Å²) in [4.78, 5) is 12.7. The summed E-state index contributed by atoms with van der Waals surface area (Å²) in [5, 5.41) is 4.05. The standard InChI is InChI=1S/C23H20N2O/c26-23(25-24-18-10-13-19-11-4-1-5-12-19)22(20-14-6-2-7-15-20)21-16-8-3-9-17-21/h1-18,22H,(H,25,26)/b13-10+,24-18-. The van der Waals surface area contributed by atoms with Crippen LogP contribution in [0.5, 0.6) is 0 Å². The van der Waals surface area contributed by atoms with Crippen molar-refractivity contribution in [1.82, 2.24) is 5.43 Å². The van der Waals surface area contributed by atoms with Gasteiger partial charge in [-0.2, -0.15) is 5.10 Å². The topological polar surface area (TPSA) is 41.5 Å². The number of hydrogen-bond acceptors (Lipinski definition) is 2. The molecule has 1 N–H and O–H groups in total. The highest BCUT2D eigenvalue weighted by Gasteiger charge is 2.21. The molecule has 0 unspecified atom stereocenters. The maximum Gasteiger partial charge on any atom is 0.252 e. The number of hydrazone groups is 1. The zero-order valence-corrected chi connectivity index (χ0v) is 14.3. The van der Waals surface area contributed by atoms with Crippen molar-refractivity contribution in [1.29, 1.82) is 0 Å². The lowest BCUT2D eigenvalue weighted by molar-refractivity contribution is -0.121. The summed E-state index contributed by atoms with van der Waals surface area (Å²) in [7, 11) is 0. The quantitative estimate of drug-likeness (QED) is 0.516. The van der Waals surface area contributed by atoms with Gasteiger partial charge in [0, 0.05) is 6.21 Å². The van der Waals surface area contributed by atoms with E-state index in [0.29, 0.717) is 0 Å². The van der Waals surface area contributed by atoms with Crippen LogP contribution < -0.4 is 5.43 Å². The second-order valence-corrected chi connectivity index (χ2v) is 5.78. The van der Waals surface area contributed by atoms with Gasteiger partial charge in [-0.1, -0.05) is 97.1 Å². The molecule has 3 aromatic carbocycles. The molecule has 0 fully saturated rings. The van der Waals surface area contributed by atoms with Crippen molar-refractivity contribution in [2.24, 2.45) is 5.10 Å². The van der Waals surface area contributed by atoms with Gasteiger partial charge in [-0.3, -0.25) is 4.79 Å². The van der Waals surface area contributed by atoms with Crippen LogP contribution in [-0.4, -0.2) is 12.1 Å². The molecule has 1 amide bonds. The van der Waals surface area contributed by atoms with Gasteiger partial charge in [0.15, 0.2) is 0 Å². The molecule has 0 atom stereocenters. The Kier molecular flexibility index (Phi) is 6.10. The first-order valence-corrected chi connectivity index (χ1v) is 8.49. The normalized spacial score (nSPS) is 11.3. The Morgan fingerprint density at radius 1 is 0.769 bits per heavy atom. The maximum absolute atomic E-state index is 12.7. The summed E-state index contributed by atoms with van der Waals surface area (Å²) >= 11 is 0. The van der Waals surface area contributed by atoms with Crippen LogP contribution in [0.15, 0.2) is 102 Å². The molecule has 128 valence electrons. The summed E-state index contributed by atoms with van der Waals surface area (Å²) in [6.07, 6.45) is 5.31. The van der Waals surface area contributed by atoms with Crippen LogP contribution in [0, 0.1) is 0 Å². The molecule has 0 aliphatic rings. The highest BCUT2D eigenvalue weighted by Crippen LogP contribution is 2.24. The van der Waals surface area contributed by atoms with Crippen molar-refractivity contribution in [2.45, 2.75) is 5.92 Å². The predicted molar refractivity (Wildman–Crippen MR) is 107 cm³/mol. The van der Waals surface area contributed by atoms with Gasteiger partial charge in [0.1, 0.15) is 0 Å². The van der Waals surface area contributed by atoms with Gasteiger partial charge in [0.05, 0.1) is 5.92 Å². The lowest BCUT2D eigenvalue weighted by Crippen LogP contribution is -2.26. The number of rotatable bonds is 6. The SMILES string of the molecule is O=C(N/N=C\C=C\c1ccccc1)C(c1ccccc1)c1ccccc1. The van der Waals surface area contributed by atoms with E-state index in [-0.39, 0.29) is 5.91 Å². The molecule has 0 aliphatic carbocycles. The zero-order chi connectivity index (χ0) is 18.0. The fraction of sp³-hybridized carbons (Fsp3) is 0.0435. The molecular formula is C23H20N2O. The molecule has 0 spiro atoms. The maximum atomic E-state index is 12.7. The van der Waals surface area contributed by atoms with E-state index in [9.17, 15) is 4.79 Å². The van der Waals surface area contributed by atoms with Crippen molar-refractivity contribution < 1.29 is 4.79 Å². The molecule has 0 aliphatic heterocycles. The summed E-state index contributed by atoms with van der Waals surface area (Å²) in [6.45, 7) is 0. The Morgan fingerprint density at radius 3 is 1.81 bits per heavy atom. The van der Waals surface area contributed by atoms with Gasteiger partial charge in [-0.25, -0.2) is 5.43 Å². The number of allylic oxidation sites excluding steroid dienone is 1. The van der Waals surface area contributed by atoms with Crippen LogP contribution >= 0.6 is 0 Å². The smallest absolute Gasteiger partial charge is 0.252 e. The first-order chi connectivity index (χ1) is 12.8. The molecule has 3 rings (SSSR count). The molecule has 26 heavy (non-hydrogen) atoms. The van der Waals surface area contributed by atoms with Crippen LogP contribution in [0.3, 0.4) is 0 Å². The molecule has 0 radical (unpaired) electrons. The van der Waals surface area contributed by atoms with E-state index < -0.39 is 5.92 Å². The number of benzene rings is 3. The van der Waals surface area contributed by atoms with Crippen molar-refractivity contribution in [3.05, 3.63) is 114 Å². The number of carbonyl (C=O) groups excluding carboxylic acids is 1. The third kappa shape index (κ3) is 4.77. The molecule has 0 saturated carbocycles. The molecule has 0 aromatic heterocycles. The minimum absolute atomic E-state index is 0.160. The molecule has 3 nitrogen and oxygen atoms in total. The summed E-state index contributed by atoms with van der Waals surface area (Å²) in [5.74, 6) is -0.556. The van der Waals surface area contributed by atoms with Crippen LogP contribution in [0.2, 0.25) is 0 Å². The van der Waals surface area contributed by atoms with Gasteiger partial charge < -0.3 is 0 Å². The van der Waals surface area contributed by atoms with Crippen molar-refractivity contribution in [3.8, 4) is 0 Å². The molecule has 0 bridgehead atoms. The average Bonchev–Trinajstić information content (AvgIpc) is 2.70. The largest absolute Gasteiger partial charge is 0.272 e. The summed E-state index contributed by atoms with van der Waals surface area (Å²) in [5.41, 5.74) is 5.60. The number of carbonyl (C=O) groups is 1. The highest BCUT2D eigenvalue weighted by atomic mass is 16.2. The Balaban J connectivity index is 1.70. The highest BCUT2D eigenvalue weighted by molar-refractivity contribution is 5.88. The number of amides is 1. The molecule has 0 saturated heterocycles. The Labute approximate surface area is 153 Å². The minimum Gasteiger partial charge on any atom is -0.272 e. The van der Waals surface area contributed by atoms with Gasteiger partial charge >= 0.3 is 0 Å². The van der Waals surface area contributed by atoms with Gasteiger partial charge in [0.25, 0.3) is 5.91 Å². The van der Waals surface area contributed by atoms with Gasteiger partial charge in [-0.05, 0) is 22.8 Å². The van der Waals surface area contributed by atoms with E-state index in [1.807, 2.05) is 97.1 Å². The molecule has 3 heteroatoms. The van der Waals surface area contributed by atoms with E-state index in [2.05, 4.69) is 10.5 Å². The van der Waals surface area contributed by atoms with Gasteiger partial charge in [-0.15, -0.1) is 0 Å². The monoisotopic (exact) mass is 340 g/mol. The fourth-order valence-corrected chi connectivity index (χ4v) is 2.71. The third-order valence-corrected chi connectivity index (χ3v) is 3.95. The second kappa shape index (κ2) is 9.14. The first-order valence-electron chi connectivity index (χ1n) is 8.49. The van der Waals surface area contributed by atoms with E-state index in [4.69, 9.17) is 0 Å². The zero-order valence-electron chi connectivity index (χ0n) is 14.3. The van der Waals surface area contributed by atoms with Crippen molar-refractivity contribution in [3.63, 3.8) is 0 Å². The van der Waals surface area contributed by atoms with Crippen LogP contribution in [-0.2, 0) is 4.79 Å². The lowest BCUT2D eigenvalue weighted by atomic mass is 9.91. The Bertz CT molecular complexity index is 832. The molecule has 0 heterocycles. The summed E-state index contributed by atoms with van der Waals surface area (Å²) in [6, 6.07) is 29.4. The fourth-order valence-electron chi connectivity index (χ4n) is 2.71. The van der Waals surface area contributed by atoms with E-state index >= 15 is 0 Å². The number of nitrogens with one attached hydrogen (secondary N) is 1. The first kappa shape index (κ1) is 17.4. The Hall–Kier alpha value is -3.46. The second-order valence-electron chi connectivity index (χ2n) is 5.78. The van der Waals surface area contributed by atoms with Crippen molar-refractivity contribution >= 4 is 18.2 Å². The minimum atomic E-state index is -0.396. The Morgan fingerprint density at radius 2 is 1.27 bits per heavy atom.